The predicted octanol–water partition coefficient (Wildman–Crippen LogP) is 2.46. The smallest absolute Gasteiger partial charge is 0.224 e. The number of anilines is 1. The Labute approximate surface area is 107 Å². The van der Waals surface area contributed by atoms with Gasteiger partial charge in [0.15, 0.2) is 0 Å². The summed E-state index contributed by atoms with van der Waals surface area (Å²) in [6.45, 7) is 3.76. The van der Waals surface area contributed by atoms with Crippen LogP contribution in [0.1, 0.15) is 24.8 Å². The molecule has 0 saturated carbocycles. The van der Waals surface area contributed by atoms with E-state index in [1.54, 1.807) is 12.1 Å². The Morgan fingerprint density at radius 2 is 2.17 bits per heavy atom. The topological polar surface area (TPSA) is 41.1 Å². The molecule has 1 aromatic carbocycles. The number of nitrogens with one attached hydrogen (secondary N) is 2. The number of aryl methyl sites for hydroxylation is 1. The Morgan fingerprint density at radius 1 is 1.44 bits per heavy atom. The van der Waals surface area contributed by atoms with Crippen molar-refractivity contribution in [3.63, 3.8) is 0 Å². The summed E-state index contributed by atoms with van der Waals surface area (Å²) in [5, 5.41) is 5.91. The van der Waals surface area contributed by atoms with E-state index < -0.39 is 0 Å². The van der Waals surface area contributed by atoms with Gasteiger partial charge in [0.05, 0.1) is 5.69 Å². The van der Waals surface area contributed by atoms with Crippen LogP contribution in [0.2, 0.25) is 0 Å². The first-order valence-electron chi connectivity index (χ1n) is 6.42. The van der Waals surface area contributed by atoms with Crippen molar-refractivity contribution in [1.29, 1.82) is 0 Å². The lowest BCUT2D eigenvalue weighted by Gasteiger charge is -2.21. The van der Waals surface area contributed by atoms with Crippen molar-refractivity contribution in [2.24, 2.45) is 5.92 Å². The van der Waals surface area contributed by atoms with Crippen LogP contribution < -0.4 is 10.6 Å². The first-order valence-corrected chi connectivity index (χ1v) is 6.42. The molecule has 4 heteroatoms. The van der Waals surface area contributed by atoms with E-state index in [1.165, 1.54) is 6.07 Å². The summed E-state index contributed by atoms with van der Waals surface area (Å²) in [6, 6.07) is 4.84. The number of benzene rings is 1. The number of halogens is 1. The molecule has 0 spiro atoms. The molecule has 2 N–H and O–H groups in total. The summed E-state index contributed by atoms with van der Waals surface area (Å²) in [4.78, 5) is 11.8. The lowest BCUT2D eigenvalue weighted by Crippen LogP contribution is -2.30. The van der Waals surface area contributed by atoms with Crippen molar-refractivity contribution in [2.45, 2.75) is 26.2 Å². The third-order valence-electron chi connectivity index (χ3n) is 3.33. The maximum atomic E-state index is 13.6. The van der Waals surface area contributed by atoms with Crippen LogP contribution in [0.5, 0.6) is 0 Å². The van der Waals surface area contributed by atoms with Gasteiger partial charge in [-0.25, -0.2) is 4.39 Å². The molecule has 0 bridgehead atoms. The number of rotatable bonds is 3. The van der Waals surface area contributed by atoms with Crippen LogP contribution in [0, 0.1) is 18.7 Å². The van der Waals surface area contributed by atoms with Gasteiger partial charge in [-0.1, -0.05) is 6.07 Å². The number of hydrogen-bond acceptors (Lipinski definition) is 2. The Kier molecular flexibility index (Phi) is 4.31. The van der Waals surface area contributed by atoms with Crippen molar-refractivity contribution in [2.75, 3.05) is 18.4 Å². The number of carbonyl (C=O) groups is 1. The van der Waals surface area contributed by atoms with E-state index in [9.17, 15) is 9.18 Å². The molecule has 0 radical (unpaired) electrons. The fourth-order valence-electron chi connectivity index (χ4n) is 2.27. The molecular weight excluding hydrogens is 231 g/mol. The van der Waals surface area contributed by atoms with Gasteiger partial charge < -0.3 is 10.6 Å². The summed E-state index contributed by atoms with van der Waals surface area (Å²) in [5.74, 6) is -0.0435. The molecule has 2 rings (SSSR count). The minimum absolute atomic E-state index is 0.0929. The van der Waals surface area contributed by atoms with Crippen molar-refractivity contribution in [3.05, 3.63) is 29.6 Å². The van der Waals surface area contributed by atoms with Crippen LogP contribution in [0.15, 0.2) is 18.2 Å². The second-order valence-electron chi connectivity index (χ2n) is 4.93. The van der Waals surface area contributed by atoms with Gasteiger partial charge in [-0.15, -0.1) is 0 Å². The molecule has 0 unspecified atom stereocenters. The van der Waals surface area contributed by atoms with Gasteiger partial charge in [-0.2, -0.15) is 0 Å². The minimum atomic E-state index is -0.367. The molecule has 1 fully saturated rings. The largest absolute Gasteiger partial charge is 0.324 e. The highest BCUT2D eigenvalue weighted by Crippen LogP contribution is 2.19. The van der Waals surface area contributed by atoms with Gasteiger partial charge in [0.2, 0.25) is 5.91 Å². The third-order valence-corrected chi connectivity index (χ3v) is 3.33. The van der Waals surface area contributed by atoms with Gasteiger partial charge in [0.25, 0.3) is 0 Å². The van der Waals surface area contributed by atoms with E-state index in [0.29, 0.717) is 12.3 Å². The van der Waals surface area contributed by atoms with Crippen molar-refractivity contribution < 1.29 is 9.18 Å². The quantitative estimate of drug-likeness (QED) is 0.865. The molecule has 1 aliphatic rings. The van der Waals surface area contributed by atoms with Crippen LogP contribution >= 0.6 is 0 Å². The normalized spacial score (nSPS) is 16.6. The highest BCUT2D eigenvalue weighted by Gasteiger charge is 2.17. The number of piperidine rings is 1. The Morgan fingerprint density at radius 3 is 2.83 bits per heavy atom. The fourth-order valence-corrected chi connectivity index (χ4v) is 2.27. The second-order valence-corrected chi connectivity index (χ2v) is 4.93. The van der Waals surface area contributed by atoms with Crippen molar-refractivity contribution in [1.82, 2.24) is 5.32 Å². The minimum Gasteiger partial charge on any atom is -0.324 e. The van der Waals surface area contributed by atoms with Crippen LogP contribution in [-0.2, 0) is 4.79 Å². The molecule has 1 amide bonds. The first kappa shape index (κ1) is 13.0. The van der Waals surface area contributed by atoms with Gasteiger partial charge >= 0.3 is 0 Å². The Bertz CT molecular complexity index is 428. The maximum Gasteiger partial charge on any atom is 0.224 e. The zero-order valence-corrected chi connectivity index (χ0v) is 10.6. The van der Waals surface area contributed by atoms with Crippen molar-refractivity contribution in [3.8, 4) is 0 Å². The van der Waals surface area contributed by atoms with Crippen molar-refractivity contribution >= 4 is 11.6 Å². The second kappa shape index (κ2) is 5.96. The molecule has 0 aromatic heterocycles. The van der Waals surface area contributed by atoms with Crippen LogP contribution in [-0.4, -0.2) is 19.0 Å². The average Bonchev–Trinajstić information content (AvgIpc) is 2.34. The molecule has 0 atom stereocenters. The van der Waals surface area contributed by atoms with Gasteiger partial charge in [-0.3, -0.25) is 4.79 Å². The fraction of sp³-hybridized carbons (Fsp3) is 0.500. The van der Waals surface area contributed by atoms with E-state index in [2.05, 4.69) is 10.6 Å². The van der Waals surface area contributed by atoms with Gasteiger partial charge in [0, 0.05) is 6.42 Å². The predicted molar refractivity (Wildman–Crippen MR) is 70.0 cm³/mol. The molecule has 3 nitrogen and oxygen atoms in total. The molecule has 1 aromatic rings. The molecular formula is C14H19FN2O. The highest BCUT2D eigenvalue weighted by atomic mass is 19.1. The van der Waals surface area contributed by atoms with E-state index in [1.807, 2.05) is 6.92 Å². The summed E-state index contributed by atoms with van der Waals surface area (Å²) < 4.78 is 13.6. The Hall–Kier alpha value is -1.42. The molecule has 1 aliphatic heterocycles. The number of carbonyl (C=O) groups excluding carboxylic acids is 1. The van der Waals surface area contributed by atoms with E-state index in [-0.39, 0.29) is 17.4 Å². The molecule has 1 heterocycles. The van der Waals surface area contributed by atoms with Crippen LogP contribution in [0.4, 0.5) is 10.1 Å². The SMILES string of the molecule is Cc1ccc(NC(=O)CC2CCNCC2)c(F)c1. The molecule has 98 valence electrons. The van der Waals surface area contributed by atoms with Gasteiger partial charge in [-0.05, 0) is 56.5 Å². The highest BCUT2D eigenvalue weighted by molar-refractivity contribution is 5.91. The third kappa shape index (κ3) is 3.53. The zero-order chi connectivity index (χ0) is 13.0. The van der Waals surface area contributed by atoms with E-state index in [4.69, 9.17) is 0 Å². The summed E-state index contributed by atoms with van der Waals surface area (Å²) >= 11 is 0. The number of hydrogen-bond donors (Lipinski definition) is 2. The zero-order valence-electron chi connectivity index (χ0n) is 10.6. The van der Waals surface area contributed by atoms with Crippen LogP contribution in [0.25, 0.3) is 0 Å². The average molecular weight is 250 g/mol. The number of amides is 1. The molecule has 1 saturated heterocycles. The Balaban J connectivity index is 1.90. The van der Waals surface area contributed by atoms with Gasteiger partial charge in [0.1, 0.15) is 5.82 Å². The standard InChI is InChI=1S/C14H19FN2O/c1-10-2-3-13(12(15)8-10)17-14(18)9-11-4-6-16-7-5-11/h2-3,8,11,16H,4-7,9H2,1H3,(H,17,18). The lowest BCUT2D eigenvalue weighted by molar-refractivity contribution is -0.117. The van der Waals surface area contributed by atoms with Crippen LogP contribution in [0.3, 0.4) is 0 Å². The lowest BCUT2D eigenvalue weighted by atomic mass is 9.94. The summed E-state index contributed by atoms with van der Waals surface area (Å²) in [6.07, 6.45) is 2.52. The summed E-state index contributed by atoms with van der Waals surface area (Å²) in [7, 11) is 0. The monoisotopic (exact) mass is 250 g/mol. The molecule has 0 aliphatic carbocycles. The maximum absolute atomic E-state index is 13.6. The summed E-state index contributed by atoms with van der Waals surface area (Å²) in [5.41, 5.74) is 1.13. The molecule has 18 heavy (non-hydrogen) atoms. The first-order chi connectivity index (χ1) is 8.65. The van der Waals surface area contributed by atoms with E-state index >= 15 is 0 Å². The van der Waals surface area contributed by atoms with E-state index in [0.717, 1.165) is 31.5 Å².